The highest BCUT2D eigenvalue weighted by Gasteiger charge is 2.09. The van der Waals surface area contributed by atoms with E-state index in [2.05, 4.69) is 16.4 Å². The standard InChI is InChI=1S/C18H11F2N3S/c19-15-7-6-14(8-16(15)20)22-10-13(9-21)18-23-17(11-24-18)12-4-2-1-3-5-12/h1-8,10-11,22H/b13-10-. The number of thiazole rings is 1. The Labute approximate surface area is 141 Å². The van der Waals surface area contributed by atoms with Crippen LogP contribution in [0, 0.1) is 23.0 Å². The number of nitrogens with zero attached hydrogens (tertiary/aromatic N) is 2. The van der Waals surface area contributed by atoms with Crippen LogP contribution in [0.3, 0.4) is 0 Å². The second-order valence-corrected chi connectivity index (χ2v) is 5.71. The van der Waals surface area contributed by atoms with Gasteiger partial charge in [-0.15, -0.1) is 11.3 Å². The van der Waals surface area contributed by atoms with Crippen LogP contribution in [-0.2, 0) is 0 Å². The first-order valence-corrected chi connectivity index (χ1v) is 7.88. The van der Waals surface area contributed by atoms with Gasteiger partial charge >= 0.3 is 0 Å². The number of allylic oxidation sites excluding steroid dienone is 1. The van der Waals surface area contributed by atoms with Gasteiger partial charge in [0.2, 0.25) is 0 Å². The molecule has 3 nitrogen and oxygen atoms in total. The van der Waals surface area contributed by atoms with Gasteiger partial charge in [-0.05, 0) is 12.1 Å². The fraction of sp³-hybridized carbons (Fsp3) is 0. The molecule has 118 valence electrons. The van der Waals surface area contributed by atoms with E-state index < -0.39 is 11.6 Å². The van der Waals surface area contributed by atoms with Crippen LogP contribution in [-0.4, -0.2) is 4.98 Å². The predicted octanol–water partition coefficient (Wildman–Crippen LogP) is 5.06. The van der Waals surface area contributed by atoms with Crippen molar-refractivity contribution in [1.82, 2.24) is 4.98 Å². The van der Waals surface area contributed by atoms with Gasteiger partial charge in [0.25, 0.3) is 0 Å². The second-order valence-electron chi connectivity index (χ2n) is 4.85. The lowest BCUT2D eigenvalue weighted by molar-refractivity contribution is 0.509. The molecule has 0 spiro atoms. The SMILES string of the molecule is N#C/C(=C/Nc1ccc(F)c(F)c1)c1nc(-c2ccccc2)cs1. The summed E-state index contributed by atoms with van der Waals surface area (Å²) in [6, 6.07) is 15.1. The molecule has 0 aliphatic rings. The van der Waals surface area contributed by atoms with Crippen molar-refractivity contribution in [1.29, 1.82) is 5.26 Å². The van der Waals surface area contributed by atoms with Gasteiger partial charge in [0.15, 0.2) is 11.6 Å². The van der Waals surface area contributed by atoms with Crippen molar-refractivity contribution in [3.05, 3.63) is 76.8 Å². The molecule has 2 aromatic carbocycles. The van der Waals surface area contributed by atoms with Gasteiger partial charge in [0.1, 0.15) is 16.6 Å². The van der Waals surface area contributed by atoms with Crippen molar-refractivity contribution >= 4 is 22.6 Å². The molecule has 0 atom stereocenters. The van der Waals surface area contributed by atoms with Crippen LogP contribution in [0.25, 0.3) is 16.8 Å². The number of halogens is 2. The van der Waals surface area contributed by atoms with Crippen molar-refractivity contribution in [2.24, 2.45) is 0 Å². The first-order chi connectivity index (χ1) is 11.7. The highest BCUT2D eigenvalue weighted by atomic mass is 32.1. The van der Waals surface area contributed by atoms with Gasteiger partial charge in [-0.3, -0.25) is 0 Å². The third-order valence-electron chi connectivity index (χ3n) is 3.23. The van der Waals surface area contributed by atoms with Crippen molar-refractivity contribution in [2.45, 2.75) is 0 Å². The Morgan fingerprint density at radius 1 is 1.12 bits per heavy atom. The minimum absolute atomic E-state index is 0.312. The summed E-state index contributed by atoms with van der Waals surface area (Å²) >= 11 is 1.34. The number of nitrogens with one attached hydrogen (secondary N) is 1. The lowest BCUT2D eigenvalue weighted by atomic mass is 10.2. The summed E-state index contributed by atoms with van der Waals surface area (Å²) in [5.74, 6) is -1.87. The van der Waals surface area contributed by atoms with Gasteiger partial charge in [-0.2, -0.15) is 5.26 Å². The normalized spacial score (nSPS) is 11.1. The van der Waals surface area contributed by atoms with E-state index in [-0.39, 0.29) is 0 Å². The zero-order valence-corrected chi connectivity index (χ0v) is 13.1. The fourth-order valence-corrected chi connectivity index (χ4v) is 2.82. The molecule has 6 heteroatoms. The zero-order chi connectivity index (χ0) is 16.9. The highest BCUT2D eigenvalue weighted by Crippen LogP contribution is 2.26. The molecule has 0 amide bonds. The van der Waals surface area contributed by atoms with Crippen LogP contribution >= 0.6 is 11.3 Å². The van der Waals surface area contributed by atoms with Crippen LogP contribution in [0.4, 0.5) is 14.5 Å². The minimum atomic E-state index is -0.951. The first-order valence-electron chi connectivity index (χ1n) is 7.00. The number of rotatable bonds is 4. The first kappa shape index (κ1) is 15.8. The van der Waals surface area contributed by atoms with E-state index in [1.165, 1.54) is 23.6 Å². The van der Waals surface area contributed by atoms with Crippen LogP contribution in [0.5, 0.6) is 0 Å². The van der Waals surface area contributed by atoms with E-state index >= 15 is 0 Å². The molecule has 0 radical (unpaired) electrons. The van der Waals surface area contributed by atoms with Gasteiger partial charge in [-0.1, -0.05) is 30.3 Å². The number of nitriles is 1. The number of anilines is 1. The van der Waals surface area contributed by atoms with Crippen molar-refractivity contribution < 1.29 is 8.78 Å². The molecule has 24 heavy (non-hydrogen) atoms. The van der Waals surface area contributed by atoms with Crippen molar-refractivity contribution in [3.63, 3.8) is 0 Å². The van der Waals surface area contributed by atoms with Crippen LogP contribution < -0.4 is 5.32 Å². The van der Waals surface area contributed by atoms with Crippen molar-refractivity contribution in [2.75, 3.05) is 5.32 Å². The maximum absolute atomic E-state index is 13.2. The van der Waals surface area contributed by atoms with Crippen molar-refractivity contribution in [3.8, 4) is 17.3 Å². The Balaban J connectivity index is 1.82. The van der Waals surface area contributed by atoms with Crippen LogP contribution in [0.1, 0.15) is 5.01 Å². The highest BCUT2D eigenvalue weighted by molar-refractivity contribution is 7.11. The monoisotopic (exact) mass is 339 g/mol. The van der Waals surface area contributed by atoms with E-state index in [4.69, 9.17) is 0 Å². The molecule has 1 aromatic heterocycles. The van der Waals surface area contributed by atoms with E-state index in [0.29, 0.717) is 16.3 Å². The van der Waals surface area contributed by atoms with E-state index in [1.807, 2.05) is 35.7 Å². The Morgan fingerprint density at radius 2 is 1.92 bits per heavy atom. The molecule has 1 heterocycles. The van der Waals surface area contributed by atoms with Gasteiger partial charge < -0.3 is 5.32 Å². The lowest BCUT2D eigenvalue weighted by Gasteiger charge is -2.02. The molecule has 0 aliphatic carbocycles. The second kappa shape index (κ2) is 7.02. The molecular weight excluding hydrogens is 328 g/mol. The lowest BCUT2D eigenvalue weighted by Crippen LogP contribution is -1.93. The number of hydrogen-bond acceptors (Lipinski definition) is 4. The third kappa shape index (κ3) is 3.47. The maximum Gasteiger partial charge on any atom is 0.160 e. The third-order valence-corrected chi connectivity index (χ3v) is 4.10. The molecule has 1 N–H and O–H groups in total. The summed E-state index contributed by atoms with van der Waals surface area (Å²) in [6.07, 6.45) is 1.43. The van der Waals surface area contributed by atoms with Gasteiger partial charge in [-0.25, -0.2) is 13.8 Å². The summed E-state index contributed by atoms with van der Waals surface area (Å²) in [4.78, 5) is 4.45. The Bertz CT molecular complexity index is 927. The number of aromatic nitrogens is 1. The number of benzene rings is 2. The summed E-state index contributed by atoms with van der Waals surface area (Å²) in [7, 11) is 0. The van der Waals surface area contributed by atoms with Crippen LogP contribution in [0.15, 0.2) is 60.1 Å². The molecule has 3 rings (SSSR count). The summed E-state index contributed by atoms with van der Waals surface area (Å²) in [5, 5.41) is 14.5. The summed E-state index contributed by atoms with van der Waals surface area (Å²) < 4.78 is 26.1. The average Bonchev–Trinajstić information content (AvgIpc) is 3.09. The topological polar surface area (TPSA) is 48.7 Å². The Morgan fingerprint density at radius 3 is 2.62 bits per heavy atom. The molecule has 0 bridgehead atoms. The van der Waals surface area contributed by atoms with Crippen LogP contribution in [0.2, 0.25) is 0 Å². The fourth-order valence-electron chi connectivity index (χ4n) is 2.02. The molecule has 0 aliphatic heterocycles. The summed E-state index contributed by atoms with van der Waals surface area (Å²) in [5.41, 5.74) is 2.41. The molecule has 0 unspecified atom stereocenters. The maximum atomic E-state index is 13.2. The average molecular weight is 339 g/mol. The molecule has 3 aromatic rings. The smallest absolute Gasteiger partial charge is 0.160 e. The minimum Gasteiger partial charge on any atom is -0.360 e. The molecular formula is C18H11F2N3S. The van der Waals surface area contributed by atoms with E-state index in [9.17, 15) is 14.0 Å². The van der Waals surface area contributed by atoms with Gasteiger partial charge in [0, 0.05) is 28.9 Å². The Kier molecular flexibility index (Phi) is 4.64. The molecule has 0 fully saturated rings. The quantitative estimate of drug-likeness (QED) is 0.676. The zero-order valence-electron chi connectivity index (χ0n) is 12.3. The van der Waals surface area contributed by atoms with E-state index in [0.717, 1.165) is 23.4 Å². The molecule has 0 saturated carbocycles. The van der Waals surface area contributed by atoms with Gasteiger partial charge in [0.05, 0.1) is 5.69 Å². The molecule has 0 saturated heterocycles. The van der Waals surface area contributed by atoms with E-state index in [1.54, 1.807) is 0 Å². The largest absolute Gasteiger partial charge is 0.360 e. The Hall–Kier alpha value is -3.04. The predicted molar refractivity (Wildman–Crippen MR) is 91.1 cm³/mol. The number of hydrogen-bond donors (Lipinski definition) is 1. The summed E-state index contributed by atoms with van der Waals surface area (Å²) in [6.45, 7) is 0.